The van der Waals surface area contributed by atoms with E-state index in [4.69, 9.17) is 14.7 Å². The zero-order chi connectivity index (χ0) is 18.7. The van der Waals surface area contributed by atoms with Gasteiger partial charge in [-0.2, -0.15) is 0 Å². The molecule has 0 radical (unpaired) electrons. The molecular formula is C20H36IN5OS. The lowest BCUT2D eigenvalue weighted by Gasteiger charge is -2.26. The first-order chi connectivity index (χ1) is 13.3. The van der Waals surface area contributed by atoms with Gasteiger partial charge in [0.25, 0.3) is 0 Å². The quantitative estimate of drug-likeness (QED) is 0.227. The third-order valence-electron chi connectivity index (χ3n) is 5.10. The molecule has 28 heavy (non-hydrogen) atoms. The molecule has 0 aromatic carbocycles. The minimum absolute atomic E-state index is 0. The predicted octanol–water partition coefficient (Wildman–Crippen LogP) is 2.85. The van der Waals surface area contributed by atoms with Crippen molar-refractivity contribution < 1.29 is 4.74 Å². The Bertz CT molecular complexity index is 566. The van der Waals surface area contributed by atoms with E-state index < -0.39 is 0 Å². The van der Waals surface area contributed by atoms with E-state index in [1.165, 1.54) is 41.3 Å². The first-order valence-corrected chi connectivity index (χ1v) is 11.5. The van der Waals surface area contributed by atoms with Gasteiger partial charge in [-0.15, -0.1) is 35.3 Å². The van der Waals surface area contributed by atoms with Crippen molar-refractivity contribution >= 4 is 41.3 Å². The summed E-state index contributed by atoms with van der Waals surface area (Å²) in [5.41, 5.74) is 1.38. The molecule has 2 N–H and O–H groups in total. The van der Waals surface area contributed by atoms with Gasteiger partial charge in [-0.1, -0.05) is 0 Å². The number of hydrogen-bond donors (Lipinski definition) is 2. The first-order valence-electron chi connectivity index (χ1n) is 10.6. The monoisotopic (exact) mass is 521 g/mol. The van der Waals surface area contributed by atoms with Crippen LogP contribution in [0.25, 0.3) is 0 Å². The number of nitrogens with zero attached hydrogens (tertiary/aromatic N) is 3. The molecule has 2 aliphatic rings. The highest BCUT2D eigenvalue weighted by Crippen LogP contribution is 2.27. The number of nitrogens with one attached hydrogen (secondary N) is 2. The van der Waals surface area contributed by atoms with Gasteiger partial charge in [-0.25, -0.2) is 4.98 Å². The number of rotatable bonds is 9. The van der Waals surface area contributed by atoms with E-state index in [-0.39, 0.29) is 24.0 Å². The van der Waals surface area contributed by atoms with E-state index in [1.807, 2.05) is 11.3 Å². The van der Waals surface area contributed by atoms with E-state index in [9.17, 15) is 0 Å². The van der Waals surface area contributed by atoms with E-state index >= 15 is 0 Å². The van der Waals surface area contributed by atoms with Crippen LogP contribution in [-0.4, -0.2) is 68.3 Å². The van der Waals surface area contributed by atoms with Crippen LogP contribution in [0.15, 0.2) is 4.99 Å². The number of guanidine groups is 1. The second-order valence-corrected chi connectivity index (χ2v) is 8.45. The summed E-state index contributed by atoms with van der Waals surface area (Å²) in [4.78, 5) is 13.6. The summed E-state index contributed by atoms with van der Waals surface area (Å²) in [6.45, 7) is 9.83. The predicted molar refractivity (Wildman–Crippen MR) is 128 cm³/mol. The zero-order valence-corrected chi connectivity index (χ0v) is 20.3. The molecule has 0 saturated carbocycles. The van der Waals surface area contributed by atoms with Crippen molar-refractivity contribution in [3.05, 3.63) is 15.6 Å². The number of aryl methyl sites for hydroxylation is 3. The molecule has 160 valence electrons. The summed E-state index contributed by atoms with van der Waals surface area (Å²) >= 11 is 1.93. The van der Waals surface area contributed by atoms with Gasteiger partial charge in [0, 0.05) is 44.0 Å². The lowest BCUT2D eigenvalue weighted by atomic mass is 10.0. The smallest absolute Gasteiger partial charge is 0.191 e. The molecule has 2 heterocycles. The standard InChI is InChI=1S/C20H35N5OS.HI/c1-2-21-20(23-11-6-12-25-13-15-26-16-14-25)22-10-5-9-19-24-17-7-3-4-8-18(17)27-19;/h2-16H2,1H3,(H2,21,22,23);1H. The van der Waals surface area contributed by atoms with E-state index in [1.54, 1.807) is 0 Å². The number of fused-ring (bicyclic) bond motifs is 1. The molecule has 1 aromatic rings. The number of hydrogen-bond acceptors (Lipinski definition) is 5. The Hall–Kier alpha value is -0.450. The molecule has 0 bridgehead atoms. The van der Waals surface area contributed by atoms with Crippen LogP contribution in [0, 0.1) is 0 Å². The molecule has 0 atom stereocenters. The minimum atomic E-state index is 0. The lowest BCUT2D eigenvalue weighted by Crippen LogP contribution is -2.40. The second kappa shape index (κ2) is 13.7. The lowest BCUT2D eigenvalue weighted by molar-refractivity contribution is 0.0376. The van der Waals surface area contributed by atoms with Crippen LogP contribution >= 0.6 is 35.3 Å². The molecule has 6 nitrogen and oxygen atoms in total. The van der Waals surface area contributed by atoms with Gasteiger partial charge in [0.1, 0.15) is 0 Å². The molecule has 0 amide bonds. The molecule has 1 aliphatic carbocycles. The Kier molecular flexibility index (Phi) is 11.7. The topological polar surface area (TPSA) is 61.8 Å². The summed E-state index contributed by atoms with van der Waals surface area (Å²) in [6.07, 6.45) is 8.32. The molecule has 8 heteroatoms. The highest BCUT2D eigenvalue weighted by atomic mass is 127. The maximum Gasteiger partial charge on any atom is 0.191 e. The van der Waals surface area contributed by atoms with Crippen molar-refractivity contribution in [3.8, 4) is 0 Å². The largest absolute Gasteiger partial charge is 0.379 e. The normalized spacial score (nSPS) is 17.7. The number of aromatic nitrogens is 1. The molecule has 1 aliphatic heterocycles. The van der Waals surface area contributed by atoms with Crippen molar-refractivity contribution in [2.24, 2.45) is 4.99 Å². The summed E-state index contributed by atoms with van der Waals surface area (Å²) in [5, 5.41) is 8.12. The van der Waals surface area contributed by atoms with E-state index in [0.717, 1.165) is 77.7 Å². The van der Waals surface area contributed by atoms with Gasteiger partial charge in [-0.3, -0.25) is 9.89 Å². The van der Waals surface area contributed by atoms with Gasteiger partial charge in [0.15, 0.2) is 5.96 Å². The number of thiazole rings is 1. The fraction of sp³-hybridized carbons (Fsp3) is 0.800. The van der Waals surface area contributed by atoms with Crippen LogP contribution in [0.1, 0.15) is 48.2 Å². The van der Waals surface area contributed by atoms with Gasteiger partial charge >= 0.3 is 0 Å². The van der Waals surface area contributed by atoms with Crippen molar-refractivity contribution in [1.82, 2.24) is 20.5 Å². The van der Waals surface area contributed by atoms with Crippen molar-refractivity contribution in [3.63, 3.8) is 0 Å². The Balaban J connectivity index is 0.00000280. The van der Waals surface area contributed by atoms with Crippen LogP contribution in [-0.2, 0) is 24.0 Å². The van der Waals surface area contributed by atoms with Crippen molar-refractivity contribution in [1.29, 1.82) is 0 Å². The average molecular weight is 522 g/mol. The summed E-state index contributed by atoms with van der Waals surface area (Å²) in [7, 11) is 0. The molecule has 3 rings (SSSR count). The molecule has 0 spiro atoms. The third-order valence-corrected chi connectivity index (χ3v) is 6.32. The summed E-state index contributed by atoms with van der Waals surface area (Å²) < 4.78 is 5.40. The molecule has 1 saturated heterocycles. The summed E-state index contributed by atoms with van der Waals surface area (Å²) in [6, 6.07) is 0. The summed E-state index contributed by atoms with van der Waals surface area (Å²) in [5.74, 6) is 0.943. The molecule has 1 aromatic heterocycles. The SMILES string of the molecule is CCNC(=NCCCc1nc2c(s1)CCCC2)NCCCN1CCOCC1.I. The van der Waals surface area contributed by atoms with Crippen LogP contribution < -0.4 is 10.6 Å². The fourth-order valence-corrected chi connectivity index (χ4v) is 4.81. The maximum absolute atomic E-state index is 5.40. The molecular weight excluding hydrogens is 485 g/mol. The number of halogens is 1. The number of aliphatic imine (C=N–C) groups is 1. The average Bonchev–Trinajstić information content (AvgIpc) is 3.12. The zero-order valence-electron chi connectivity index (χ0n) is 17.2. The van der Waals surface area contributed by atoms with Crippen molar-refractivity contribution in [2.75, 3.05) is 52.5 Å². The fourth-order valence-electron chi connectivity index (χ4n) is 3.61. The highest BCUT2D eigenvalue weighted by Gasteiger charge is 2.14. The molecule has 1 fully saturated rings. The first kappa shape index (κ1) is 23.8. The van der Waals surface area contributed by atoms with Crippen LogP contribution in [0.4, 0.5) is 0 Å². The number of morpholine rings is 1. The van der Waals surface area contributed by atoms with E-state index in [0.29, 0.717) is 0 Å². The van der Waals surface area contributed by atoms with Crippen LogP contribution in [0.2, 0.25) is 0 Å². The van der Waals surface area contributed by atoms with Gasteiger partial charge < -0.3 is 15.4 Å². The Labute approximate surface area is 190 Å². The Morgan fingerprint density at radius 3 is 2.79 bits per heavy atom. The minimum Gasteiger partial charge on any atom is -0.379 e. The Morgan fingerprint density at radius 1 is 1.18 bits per heavy atom. The number of ether oxygens (including phenoxy) is 1. The van der Waals surface area contributed by atoms with E-state index in [2.05, 4.69) is 22.5 Å². The Morgan fingerprint density at radius 2 is 2.00 bits per heavy atom. The maximum atomic E-state index is 5.40. The van der Waals surface area contributed by atoms with Crippen molar-refractivity contribution in [2.45, 2.75) is 51.9 Å². The van der Waals surface area contributed by atoms with Gasteiger partial charge in [0.2, 0.25) is 0 Å². The van der Waals surface area contributed by atoms with Gasteiger partial charge in [-0.05, 0) is 52.0 Å². The van der Waals surface area contributed by atoms with Gasteiger partial charge in [0.05, 0.1) is 23.9 Å². The highest BCUT2D eigenvalue weighted by molar-refractivity contribution is 14.0. The van der Waals surface area contributed by atoms with Crippen LogP contribution in [0.3, 0.4) is 0 Å². The molecule has 0 unspecified atom stereocenters. The van der Waals surface area contributed by atoms with Crippen LogP contribution in [0.5, 0.6) is 0 Å². The second-order valence-electron chi connectivity index (χ2n) is 7.28. The third kappa shape index (κ3) is 8.12.